The summed E-state index contributed by atoms with van der Waals surface area (Å²) in [7, 11) is 1.60. The summed E-state index contributed by atoms with van der Waals surface area (Å²) in [6, 6.07) is 3.28. The fourth-order valence-corrected chi connectivity index (χ4v) is 7.82. The minimum absolute atomic E-state index is 0.00276. The molecule has 0 bridgehead atoms. The van der Waals surface area contributed by atoms with Crippen molar-refractivity contribution in [2.45, 2.75) is 155 Å². The van der Waals surface area contributed by atoms with Crippen LogP contribution in [-0.4, -0.2) is 115 Å². The van der Waals surface area contributed by atoms with E-state index in [0.717, 1.165) is 56.9 Å². The molecule has 1 aromatic rings. The van der Waals surface area contributed by atoms with Crippen LogP contribution in [0.15, 0.2) is 30.3 Å². The van der Waals surface area contributed by atoms with E-state index < -0.39 is 91.1 Å². The molecule has 1 aliphatic heterocycles. The van der Waals surface area contributed by atoms with Crippen LogP contribution in [0, 0.1) is 17.8 Å². The molecule has 61 heavy (non-hydrogen) atoms. The van der Waals surface area contributed by atoms with Crippen molar-refractivity contribution in [3.8, 4) is 0 Å². The first-order valence-corrected chi connectivity index (χ1v) is 22.1. The molecule has 7 atom stereocenters. The number of likely N-dealkylation sites (N-methyl/N-ethyl adjacent to an activating group) is 1. The van der Waals surface area contributed by atoms with Gasteiger partial charge in [0.1, 0.15) is 30.8 Å². The SMILES string of the molecule is CCCCCC[C@H]1OC[C@@H](C)NC(=O)[C@H](CNC(=O)O)NC(=O)[C@H](CNC(=O)OCc2ccccc2)NC(=O)[C@H](C2CCCCCC2)NC(=O)[C@H](CC(C)C)N(C)C(=O)[C@@H]1C. The monoisotopic (exact) mass is 858 g/mol. The third kappa shape index (κ3) is 17.5. The molecule has 0 spiro atoms. The quantitative estimate of drug-likeness (QED) is 0.105. The van der Waals surface area contributed by atoms with Crippen LogP contribution in [0.1, 0.15) is 117 Å². The predicted molar refractivity (Wildman–Crippen MR) is 229 cm³/mol. The van der Waals surface area contributed by atoms with Gasteiger partial charge in [0, 0.05) is 13.1 Å². The second-order valence-corrected chi connectivity index (χ2v) is 17.0. The molecular formula is C44H71N7O10. The van der Waals surface area contributed by atoms with E-state index in [4.69, 9.17) is 9.47 Å². The van der Waals surface area contributed by atoms with Gasteiger partial charge in [-0.05, 0) is 50.0 Å². The lowest BCUT2D eigenvalue weighted by Gasteiger charge is -2.35. The van der Waals surface area contributed by atoms with Crippen molar-refractivity contribution in [1.82, 2.24) is 36.8 Å². The average molecular weight is 858 g/mol. The van der Waals surface area contributed by atoms with E-state index in [1.54, 1.807) is 45.2 Å². The lowest BCUT2D eigenvalue weighted by atomic mass is 9.90. The Bertz CT molecular complexity index is 1570. The number of ether oxygens (including phenoxy) is 2. The molecule has 17 heteroatoms. The summed E-state index contributed by atoms with van der Waals surface area (Å²) in [5, 5.41) is 25.1. The van der Waals surface area contributed by atoms with E-state index >= 15 is 0 Å². The normalized spacial score (nSPS) is 25.7. The molecular weight excluding hydrogens is 787 g/mol. The Morgan fingerprint density at radius 1 is 0.836 bits per heavy atom. The molecule has 3 rings (SSSR count). The Kier molecular flexibility index (Phi) is 21.8. The van der Waals surface area contributed by atoms with E-state index in [2.05, 4.69) is 38.8 Å². The van der Waals surface area contributed by atoms with E-state index in [9.17, 15) is 38.7 Å². The largest absolute Gasteiger partial charge is 0.465 e. The van der Waals surface area contributed by atoms with Crippen molar-refractivity contribution in [2.75, 3.05) is 26.7 Å². The molecule has 0 aromatic heterocycles. The second kappa shape index (κ2) is 26.4. The molecule has 1 aliphatic carbocycles. The van der Waals surface area contributed by atoms with E-state index in [1.165, 1.54) is 4.90 Å². The number of alkyl carbamates (subject to hydrolysis) is 1. The van der Waals surface area contributed by atoms with Crippen LogP contribution in [0.25, 0.3) is 0 Å². The Balaban J connectivity index is 2.06. The minimum atomic E-state index is -1.50. The molecule has 2 aliphatic rings. The number of carbonyl (C=O) groups excluding carboxylic acids is 6. The Morgan fingerprint density at radius 2 is 1.46 bits per heavy atom. The van der Waals surface area contributed by atoms with Gasteiger partial charge < -0.3 is 51.4 Å². The first kappa shape index (κ1) is 50.4. The fourth-order valence-electron chi connectivity index (χ4n) is 7.82. The van der Waals surface area contributed by atoms with Crippen LogP contribution < -0.4 is 31.9 Å². The van der Waals surface area contributed by atoms with Crippen molar-refractivity contribution >= 4 is 41.7 Å². The zero-order valence-electron chi connectivity index (χ0n) is 37.0. The maximum Gasteiger partial charge on any atom is 0.407 e. The van der Waals surface area contributed by atoms with Gasteiger partial charge in [-0.1, -0.05) is 109 Å². The van der Waals surface area contributed by atoms with Gasteiger partial charge in [0.25, 0.3) is 0 Å². The number of benzene rings is 1. The topological polar surface area (TPSA) is 234 Å². The maximum atomic E-state index is 14.5. The molecule has 1 aromatic carbocycles. The molecule has 2 fully saturated rings. The van der Waals surface area contributed by atoms with E-state index in [0.29, 0.717) is 25.7 Å². The Morgan fingerprint density at radius 3 is 2.08 bits per heavy atom. The molecule has 1 saturated carbocycles. The number of unbranched alkanes of at least 4 members (excludes halogenated alkanes) is 3. The Labute approximate surface area is 360 Å². The Hall–Kier alpha value is -4.93. The minimum Gasteiger partial charge on any atom is -0.465 e. The third-order valence-corrected chi connectivity index (χ3v) is 11.4. The van der Waals surface area contributed by atoms with Gasteiger partial charge in [0.05, 0.1) is 31.7 Å². The summed E-state index contributed by atoms with van der Waals surface area (Å²) in [4.78, 5) is 97.1. The van der Waals surface area contributed by atoms with Crippen LogP contribution in [0.4, 0.5) is 9.59 Å². The number of carboxylic acid groups (broad SMARTS) is 1. The standard InChI is InChI=1S/C44H71N7O10/c1-7-8-9-17-22-36-30(5)42(56)51(6)35(23-28(2)3)40(54)50-37(32-20-15-10-11-16-21-32)41(55)49-34(25-46-44(59)61-27-31-18-13-12-14-19-31)39(53)48-33(24-45-43(57)58)38(52)47-29(4)26-60-36/h12-14,18-19,28-30,32-37,45H,7-11,15-17,20-27H2,1-6H3,(H,46,59)(H,47,52)(H,48,53)(H,49,55)(H,50,54)(H,57,58)/t29-,30-,33+,34+,35+,36-,37+/m1/s1. The van der Waals surface area contributed by atoms with Gasteiger partial charge >= 0.3 is 12.2 Å². The smallest absolute Gasteiger partial charge is 0.407 e. The predicted octanol–water partition coefficient (Wildman–Crippen LogP) is 3.99. The van der Waals surface area contributed by atoms with Gasteiger partial charge in [0.15, 0.2) is 0 Å². The summed E-state index contributed by atoms with van der Waals surface area (Å²) >= 11 is 0. The van der Waals surface area contributed by atoms with Crippen LogP contribution >= 0.6 is 0 Å². The maximum absolute atomic E-state index is 14.5. The third-order valence-electron chi connectivity index (χ3n) is 11.4. The molecule has 1 saturated heterocycles. The number of nitrogens with one attached hydrogen (secondary N) is 6. The van der Waals surface area contributed by atoms with Gasteiger partial charge in [0.2, 0.25) is 29.5 Å². The number of rotatable bonds is 14. The molecule has 7 N–H and O–H groups in total. The van der Waals surface area contributed by atoms with Gasteiger partial charge in [-0.15, -0.1) is 0 Å². The summed E-state index contributed by atoms with van der Waals surface area (Å²) < 4.78 is 11.7. The van der Waals surface area contributed by atoms with Crippen molar-refractivity contribution in [2.24, 2.45) is 17.8 Å². The fraction of sp³-hybridized carbons (Fsp3) is 0.705. The molecule has 342 valence electrons. The van der Waals surface area contributed by atoms with Gasteiger partial charge in [-0.2, -0.15) is 0 Å². The summed E-state index contributed by atoms with van der Waals surface area (Å²) in [5.41, 5.74) is 0.720. The molecule has 0 radical (unpaired) electrons. The van der Waals surface area contributed by atoms with Crippen molar-refractivity contribution in [3.05, 3.63) is 35.9 Å². The molecule has 7 amide bonds. The highest BCUT2D eigenvalue weighted by Gasteiger charge is 2.39. The summed E-state index contributed by atoms with van der Waals surface area (Å²) in [6.07, 6.45) is 6.56. The van der Waals surface area contributed by atoms with Crippen LogP contribution in [0.2, 0.25) is 0 Å². The highest BCUT2D eigenvalue weighted by atomic mass is 16.5. The van der Waals surface area contributed by atoms with Crippen LogP contribution in [0.5, 0.6) is 0 Å². The number of hydrogen-bond acceptors (Lipinski definition) is 9. The van der Waals surface area contributed by atoms with Crippen molar-refractivity contribution < 1.29 is 48.1 Å². The lowest BCUT2D eigenvalue weighted by molar-refractivity contribution is -0.147. The van der Waals surface area contributed by atoms with Gasteiger partial charge in [-0.3, -0.25) is 24.0 Å². The highest BCUT2D eigenvalue weighted by molar-refractivity contribution is 5.96. The zero-order valence-corrected chi connectivity index (χ0v) is 37.0. The average Bonchev–Trinajstić information content (AvgIpc) is 3.52. The second-order valence-electron chi connectivity index (χ2n) is 17.0. The lowest BCUT2D eigenvalue weighted by Crippen LogP contribution is -2.63. The van der Waals surface area contributed by atoms with E-state index in [1.807, 2.05) is 19.9 Å². The highest BCUT2D eigenvalue weighted by Crippen LogP contribution is 2.27. The summed E-state index contributed by atoms with van der Waals surface area (Å²) in [6.45, 7) is 8.39. The first-order chi connectivity index (χ1) is 29.1. The van der Waals surface area contributed by atoms with Crippen LogP contribution in [-0.2, 0) is 40.1 Å². The number of carbonyl (C=O) groups is 7. The molecule has 1 heterocycles. The van der Waals surface area contributed by atoms with Crippen molar-refractivity contribution in [3.63, 3.8) is 0 Å². The molecule has 0 unspecified atom stereocenters. The van der Waals surface area contributed by atoms with Crippen molar-refractivity contribution in [1.29, 1.82) is 0 Å². The molecule has 17 nitrogen and oxygen atoms in total. The summed E-state index contributed by atoms with van der Waals surface area (Å²) in [5.74, 6) is -4.11. The number of hydrogen-bond donors (Lipinski definition) is 7. The van der Waals surface area contributed by atoms with Crippen LogP contribution in [0.3, 0.4) is 0 Å². The first-order valence-electron chi connectivity index (χ1n) is 22.1. The zero-order chi connectivity index (χ0) is 44.9. The van der Waals surface area contributed by atoms with E-state index in [-0.39, 0.29) is 31.0 Å². The van der Waals surface area contributed by atoms with Gasteiger partial charge in [-0.25, -0.2) is 9.59 Å². The number of amides is 7. The number of nitrogens with zero attached hydrogens (tertiary/aromatic N) is 1.